The molecule has 11 aromatic rings. The number of nitrogens with zero attached hydrogens (tertiary/aromatic N) is 2. The van der Waals surface area contributed by atoms with Crippen molar-refractivity contribution in [1.82, 2.24) is 9.97 Å². The maximum atomic E-state index is 13.6. The smallest absolute Gasteiger partial charge is 1.00 e. The second-order valence-corrected chi connectivity index (χ2v) is 39.3. The predicted octanol–water partition coefficient (Wildman–Crippen LogP) is 19.6. The topological polar surface area (TPSA) is 262 Å². The summed E-state index contributed by atoms with van der Waals surface area (Å²) < 4.78 is 35.7. The number of thiophene rings is 2. The van der Waals surface area contributed by atoms with Crippen LogP contribution in [0.5, 0.6) is 5.75 Å². The van der Waals surface area contributed by atoms with Crippen LogP contribution in [0.25, 0.3) is 0 Å². The van der Waals surface area contributed by atoms with Gasteiger partial charge in [-0.25, -0.2) is 15.1 Å². The first-order valence-corrected chi connectivity index (χ1v) is 48.8. The molecule has 5 heterocycles. The summed E-state index contributed by atoms with van der Waals surface area (Å²) in [7, 11) is -2.41. The number of carbonyl (C=O) groups excluding carboxylic acids is 5. The summed E-state index contributed by atoms with van der Waals surface area (Å²) in [4.78, 5) is 68.7. The predicted molar refractivity (Wildman–Crippen MR) is 513 cm³/mol. The van der Waals surface area contributed by atoms with Crippen LogP contribution in [-0.4, -0.2) is 79.5 Å². The average Bonchev–Trinajstić information content (AvgIpc) is 1.63. The van der Waals surface area contributed by atoms with Crippen molar-refractivity contribution >= 4 is 261 Å². The number of hydrogen-bond acceptors (Lipinski definition) is 20. The third-order valence-corrected chi connectivity index (χ3v) is 28.7. The van der Waals surface area contributed by atoms with Gasteiger partial charge in [0.05, 0.1) is 57.9 Å². The molecule has 2 aliphatic heterocycles. The number of aliphatic hydroxyl groups excluding tert-OH is 2. The number of carbonyl (C=O) groups is 5. The van der Waals surface area contributed by atoms with Gasteiger partial charge < -0.3 is 26.5 Å². The van der Waals surface area contributed by atoms with Crippen molar-refractivity contribution in [3.05, 3.63) is 332 Å². The molecule has 4 N–H and O–H groups in total. The molecule has 0 spiro atoms. The van der Waals surface area contributed by atoms with E-state index in [0.29, 0.717) is 71.9 Å². The molecule has 36 heteroatoms. The molecule has 8 aromatic carbocycles. The molecule has 3 aliphatic rings. The van der Waals surface area contributed by atoms with Crippen molar-refractivity contribution < 1.29 is 166 Å². The summed E-state index contributed by atoms with van der Waals surface area (Å²) in [6, 6.07) is 51.3. The first-order chi connectivity index (χ1) is 57.3. The number of benzene rings is 8. The number of alkyl halides is 1. The van der Waals surface area contributed by atoms with Crippen LogP contribution in [0.15, 0.2) is 194 Å². The summed E-state index contributed by atoms with van der Waals surface area (Å²) in [6.07, 6.45) is 8.17. The van der Waals surface area contributed by atoms with Gasteiger partial charge in [-0.15, -0.1) is 46.2 Å². The van der Waals surface area contributed by atoms with Gasteiger partial charge in [0.2, 0.25) is 5.78 Å². The maximum absolute atomic E-state index is 13.6. The van der Waals surface area contributed by atoms with Crippen LogP contribution in [-0.2, 0) is 72.6 Å². The van der Waals surface area contributed by atoms with Gasteiger partial charge in [0.25, 0.3) is 6.47 Å². The molecule has 1 fully saturated rings. The number of thioether (sulfide) groups is 2. The number of halogens is 12. The molecule has 3 aromatic heterocycles. The summed E-state index contributed by atoms with van der Waals surface area (Å²) in [5.41, 5.74) is 15.5. The Morgan fingerprint density at radius 3 is 1.53 bits per heavy atom. The number of aldehydes is 3. The Morgan fingerprint density at radius 1 is 0.615 bits per heavy atom. The van der Waals surface area contributed by atoms with E-state index in [1.165, 1.54) is 67.0 Å². The van der Waals surface area contributed by atoms with Crippen molar-refractivity contribution in [2.75, 3.05) is 13.7 Å². The molecule has 2 unspecified atom stereocenters. The number of fused-ring (bicyclic) bond motifs is 2. The number of ether oxygens (including phenoxy) is 1. The van der Waals surface area contributed by atoms with Crippen LogP contribution in [0.4, 0.5) is 0 Å². The van der Waals surface area contributed by atoms with Crippen LogP contribution < -0.4 is 118 Å². The van der Waals surface area contributed by atoms with Gasteiger partial charge in [-0.05, 0) is 228 Å². The molecular formula is C86H81Br5Cl7K2N3O13S6. The van der Waals surface area contributed by atoms with Crippen LogP contribution in [0, 0.1) is 25.7 Å². The van der Waals surface area contributed by atoms with Crippen LogP contribution in [0.2, 0.25) is 35.2 Å². The second-order valence-electron chi connectivity index (χ2n) is 26.0. The van der Waals surface area contributed by atoms with Gasteiger partial charge in [0.15, 0.2) is 12.6 Å². The molecule has 16 nitrogen and oxygen atoms in total. The normalized spacial score (nSPS) is 14.7. The molecule has 0 saturated heterocycles. The molecule has 122 heavy (non-hydrogen) atoms. The maximum Gasteiger partial charge on any atom is 1.00 e. The molecule has 0 amide bonds. The minimum atomic E-state index is -4.07. The van der Waals surface area contributed by atoms with Crippen molar-refractivity contribution in [2.45, 2.75) is 106 Å². The Bertz CT molecular complexity index is 5230. The summed E-state index contributed by atoms with van der Waals surface area (Å²) in [5, 5.41) is 38.7. The van der Waals surface area contributed by atoms with Gasteiger partial charge in [0.1, 0.15) is 18.4 Å². The molecular weight excluding hydrogens is 2200 g/mol. The molecule has 0 bridgehead atoms. The largest absolute Gasteiger partial charge is 1.00 e. The second kappa shape index (κ2) is 59.3. The van der Waals surface area contributed by atoms with Gasteiger partial charge in [-0.3, -0.25) is 28.2 Å². The van der Waals surface area contributed by atoms with Crippen molar-refractivity contribution in [1.29, 1.82) is 0 Å². The minimum Gasteiger partial charge on any atom is -1.00 e. The van der Waals surface area contributed by atoms with Gasteiger partial charge in [0, 0.05) is 109 Å². The van der Waals surface area contributed by atoms with E-state index >= 15 is 0 Å². The number of ketones is 1. The molecule has 1 aliphatic carbocycles. The van der Waals surface area contributed by atoms with E-state index < -0.39 is 16.4 Å². The van der Waals surface area contributed by atoms with Crippen molar-refractivity contribution in [2.24, 2.45) is 17.0 Å². The van der Waals surface area contributed by atoms with Crippen LogP contribution >= 0.6 is 220 Å². The summed E-state index contributed by atoms with van der Waals surface area (Å²) in [5.74, 6) is 3.13. The molecule has 640 valence electrons. The van der Waals surface area contributed by atoms with Gasteiger partial charge >= 0.3 is 113 Å². The van der Waals surface area contributed by atoms with Gasteiger partial charge in [-0.1, -0.05) is 223 Å². The first kappa shape index (κ1) is 113. The van der Waals surface area contributed by atoms with Crippen LogP contribution in [0.3, 0.4) is 0 Å². The van der Waals surface area contributed by atoms with Crippen LogP contribution in [0.1, 0.15) is 161 Å². The standard InChI is InChI=1S/C25H26ClN3O5S3.C14H11ClOS2.C9H9ClO.C8H8BrCl.C8H10OS.C7H5Br2Cl.C7H6BrClO.C7H4BrClO.CH2O3.2K.H/c1-13-18(25-19-7-17(26)3-2-15(19)11-35-25)8-23(36-13)24(31)20-9-28-12-29-21(20)5-14-4-16(22(30)6-14)10-34-37(27,32)33;1-8-12(5-11(6-16)18-8)14-13-4-10(15)3-2-9(13)7-17-14;1-2-7-3-4-9(10)5-8(7)6-11;1-2-6-3-4-7(10)5-8(6)9;1-9-8-4-2-7(6-10)3-5-8;8-4-5-1-2-6(10)3-7(5)9;2*8-7-3-6(9)2-1-5(7)4-10;2-1-4-3;;;/h2-3,7-9,12,14,16,22,25,30H,4-6,10-11H2,1H3,(H2,27,32,33);2-6,14H,7H2,1H3;3-6H,2H2,1H3;3-5H,2H2,1H3;2-5,10H,6H2,1H3;1-3H,4H2;1-3,10H,4H2;1-4H;1,3H;;;/q;;;;;;;;;2*+1;-1/p-1/t14-,16+,22-,25?;;;;;;;;;;;/m0.........../s1. The Morgan fingerprint density at radius 2 is 1.08 bits per heavy atom. The Hall–Kier alpha value is -1.31. The fraction of sp³-hybridized carbons (Fsp3) is 0.244. The first-order valence-electron chi connectivity index (χ1n) is 36.0. The zero-order chi connectivity index (χ0) is 88.3. The number of thiol groups is 1. The van der Waals surface area contributed by atoms with Gasteiger partial charge in [-0.2, -0.15) is 21.0 Å². The number of hydrogen-bond donors (Lipinski definition) is 4. The molecule has 0 radical (unpaired) electrons. The minimum absolute atomic E-state index is 0. The van der Waals surface area contributed by atoms with E-state index in [2.05, 4.69) is 143 Å². The number of methoxy groups -OCH3 is 1. The van der Waals surface area contributed by atoms with E-state index in [1.54, 1.807) is 73.2 Å². The monoisotopic (exact) mass is 2270 g/mol. The van der Waals surface area contributed by atoms with Crippen molar-refractivity contribution in [3.63, 3.8) is 0 Å². The quantitative estimate of drug-likeness (QED) is 0.0111. The number of aromatic nitrogens is 2. The number of aliphatic hydroxyl groups is 2. The molecule has 5 atom stereocenters. The molecule has 1 saturated carbocycles. The molecule has 14 rings (SSSR count). The van der Waals surface area contributed by atoms with E-state index in [1.807, 2.05) is 134 Å². The SMILES string of the molecule is CCc1ccc(Cl)cc1Br.CCc1ccc(Cl)cc1C=O.COc1ccc(CS)cc1.Cc1sc(C(=O)c2cncnc2C[C@@H]2C[C@H](COS(N)(=O)=O)[C@@H](O)C2)cc1C1SCc2ccc(Cl)cc21.Cc1sc(C=O)cc1C1SCc2ccc(Cl)cc21.Clc1ccc(CBr)c(Br)c1.O=CO[O-].O=Cc1ccc(Cl)cc1Br.OCc1ccc(Cl)cc1Br.[H-].[K+].[K+]. The third-order valence-electron chi connectivity index (χ3n) is 18.0. The Labute approximate surface area is 897 Å². The van der Waals surface area contributed by atoms with E-state index in [0.717, 1.165) is 119 Å². The fourth-order valence-corrected chi connectivity index (χ4v) is 22.2. The van der Waals surface area contributed by atoms with E-state index in [9.17, 15) is 32.7 Å². The Balaban J connectivity index is 0.000000385. The van der Waals surface area contributed by atoms with Crippen molar-refractivity contribution in [3.8, 4) is 5.75 Å². The average molecular weight is 2280 g/mol. The number of rotatable bonds is 19. The summed E-state index contributed by atoms with van der Waals surface area (Å²) >= 11 is 68.3. The Kier molecular flexibility index (Phi) is 54.9. The zero-order valence-electron chi connectivity index (χ0n) is 67.6. The van der Waals surface area contributed by atoms with E-state index in [4.69, 9.17) is 106 Å². The zero-order valence-corrected chi connectivity index (χ0v) is 91.0. The van der Waals surface area contributed by atoms with E-state index in [-0.39, 0.29) is 147 Å². The summed E-state index contributed by atoms with van der Waals surface area (Å²) in [6.45, 7) is 7.93. The third kappa shape index (κ3) is 37.4. The number of nitrogens with two attached hydrogens (primary N) is 1. The number of aryl methyl sites for hydroxylation is 4. The fourth-order valence-electron chi connectivity index (χ4n) is 11.9.